The molecule has 0 aromatic heterocycles. The van der Waals surface area contributed by atoms with Crippen LogP contribution in [-0.2, 0) is 17.4 Å². The Balaban J connectivity index is 1.54. The minimum absolute atomic E-state index is 0.0351. The number of carbonyl (C=O) groups is 2. The molecule has 9 heteroatoms. The summed E-state index contributed by atoms with van der Waals surface area (Å²) < 4.78 is 40.8. The molecule has 2 saturated heterocycles. The molecule has 0 radical (unpaired) electrons. The van der Waals surface area contributed by atoms with E-state index in [1.54, 1.807) is 11.0 Å². The smallest absolute Gasteiger partial charge is 0.359 e. The molecule has 4 rings (SSSR count). The highest BCUT2D eigenvalue weighted by Crippen LogP contribution is 2.46. The Morgan fingerprint density at radius 3 is 2.36 bits per heavy atom. The van der Waals surface area contributed by atoms with E-state index in [2.05, 4.69) is 12.2 Å². The number of alkyl halides is 3. The van der Waals surface area contributed by atoms with Crippen molar-refractivity contribution < 1.29 is 22.8 Å². The number of halogens is 3. The maximum Gasteiger partial charge on any atom is 0.417 e. The van der Waals surface area contributed by atoms with Gasteiger partial charge in [-0.1, -0.05) is 19.1 Å². The maximum absolute atomic E-state index is 13.6. The lowest BCUT2D eigenvalue weighted by atomic mass is 9.76. The third-order valence-corrected chi connectivity index (χ3v) is 7.54. The summed E-state index contributed by atoms with van der Waals surface area (Å²) in [6.07, 6.45) is -1.99. The molecule has 1 unspecified atom stereocenters. The third-order valence-electron chi connectivity index (χ3n) is 7.54. The highest BCUT2D eigenvalue weighted by Gasteiger charge is 2.49. The Bertz CT molecular complexity index is 1180. The number of nitrogens with zero attached hydrogens (tertiary/aromatic N) is 3. The van der Waals surface area contributed by atoms with Gasteiger partial charge in [-0.3, -0.25) is 9.59 Å². The number of benzene rings is 2. The van der Waals surface area contributed by atoms with Gasteiger partial charge in [0.1, 0.15) is 6.04 Å². The van der Waals surface area contributed by atoms with Crippen LogP contribution in [0.2, 0.25) is 0 Å². The number of nitriles is 1. The number of likely N-dealkylation sites (tertiary alicyclic amines) is 1. The van der Waals surface area contributed by atoms with Crippen LogP contribution in [0.15, 0.2) is 42.5 Å². The van der Waals surface area contributed by atoms with Gasteiger partial charge in [0.25, 0.3) is 5.91 Å². The molecule has 1 spiro atoms. The van der Waals surface area contributed by atoms with Gasteiger partial charge in [0.05, 0.1) is 17.2 Å². The lowest BCUT2D eigenvalue weighted by Gasteiger charge is -2.39. The first-order chi connectivity index (χ1) is 17.1. The molecule has 1 atom stereocenters. The Labute approximate surface area is 208 Å². The molecule has 190 valence electrons. The van der Waals surface area contributed by atoms with E-state index in [0.29, 0.717) is 44.5 Å². The summed E-state index contributed by atoms with van der Waals surface area (Å²) in [5, 5.41) is 11.8. The lowest BCUT2D eigenvalue weighted by Crippen LogP contribution is -2.44. The van der Waals surface area contributed by atoms with E-state index >= 15 is 0 Å². The van der Waals surface area contributed by atoms with Crippen LogP contribution in [0.3, 0.4) is 0 Å². The normalized spacial score (nSPS) is 19.3. The van der Waals surface area contributed by atoms with E-state index in [4.69, 9.17) is 5.26 Å². The predicted molar refractivity (Wildman–Crippen MR) is 129 cm³/mol. The van der Waals surface area contributed by atoms with Crippen molar-refractivity contribution in [2.45, 2.75) is 44.8 Å². The van der Waals surface area contributed by atoms with Crippen LogP contribution in [0.5, 0.6) is 0 Å². The number of likely N-dealkylation sites (N-methyl/N-ethyl adjacent to an activating group) is 1. The average Bonchev–Trinajstić information content (AvgIpc) is 3.26. The van der Waals surface area contributed by atoms with Crippen molar-refractivity contribution in [3.8, 4) is 6.07 Å². The Morgan fingerprint density at radius 2 is 1.81 bits per heavy atom. The quantitative estimate of drug-likeness (QED) is 0.679. The van der Waals surface area contributed by atoms with Crippen LogP contribution >= 0.6 is 0 Å². The number of hydrogen-bond acceptors (Lipinski definition) is 4. The highest BCUT2D eigenvalue weighted by atomic mass is 19.4. The van der Waals surface area contributed by atoms with Gasteiger partial charge in [0.2, 0.25) is 5.91 Å². The molecule has 6 nitrogen and oxygen atoms in total. The Morgan fingerprint density at radius 1 is 1.14 bits per heavy atom. The van der Waals surface area contributed by atoms with Crippen molar-refractivity contribution in [1.29, 1.82) is 5.26 Å². The predicted octanol–water partition coefficient (Wildman–Crippen LogP) is 4.39. The van der Waals surface area contributed by atoms with E-state index in [1.165, 1.54) is 13.1 Å². The second-order valence-electron chi connectivity index (χ2n) is 9.64. The van der Waals surface area contributed by atoms with Crippen LogP contribution in [0.25, 0.3) is 0 Å². The second-order valence-corrected chi connectivity index (χ2v) is 9.64. The zero-order chi connectivity index (χ0) is 26.1. The summed E-state index contributed by atoms with van der Waals surface area (Å²) in [5.74, 6) is -0.300. The van der Waals surface area contributed by atoms with Crippen LogP contribution < -0.4 is 10.2 Å². The minimum atomic E-state index is -4.68. The van der Waals surface area contributed by atoms with Crippen molar-refractivity contribution in [1.82, 2.24) is 10.2 Å². The van der Waals surface area contributed by atoms with Gasteiger partial charge in [-0.2, -0.15) is 18.4 Å². The summed E-state index contributed by atoms with van der Waals surface area (Å²) in [4.78, 5) is 29.3. The van der Waals surface area contributed by atoms with E-state index in [-0.39, 0.29) is 22.9 Å². The van der Waals surface area contributed by atoms with E-state index in [9.17, 15) is 22.8 Å². The van der Waals surface area contributed by atoms with Gasteiger partial charge in [-0.15, -0.1) is 0 Å². The number of piperidine rings is 1. The first-order valence-electron chi connectivity index (χ1n) is 12.1. The summed E-state index contributed by atoms with van der Waals surface area (Å²) in [6, 6.07) is 12.2. The maximum atomic E-state index is 13.6. The topological polar surface area (TPSA) is 76.4 Å². The Kier molecular flexibility index (Phi) is 6.98. The van der Waals surface area contributed by atoms with Gasteiger partial charge >= 0.3 is 6.18 Å². The molecule has 2 amide bonds. The lowest BCUT2D eigenvalue weighted by molar-refractivity contribution is -0.137. The first kappa shape index (κ1) is 25.5. The van der Waals surface area contributed by atoms with Gasteiger partial charge in [0.15, 0.2) is 0 Å². The fourth-order valence-electron chi connectivity index (χ4n) is 5.38. The summed E-state index contributed by atoms with van der Waals surface area (Å²) in [6.45, 7) is 3.49. The number of aryl methyl sites for hydroxylation is 1. The molecular formula is C27H29F3N4O2. The second kappa shape index (κ2) is 9.84. The monoisotopic (exact) mass is 498 g/mol. The van der Waals surface area contributed by atoms with Crippen LogP contribution in [0.1, 0.15) is 53.2 Å². The molecule has 2 aliphatic rings. The summed E-state index contributed by atoms with van der Waals surface area (Å²) in [5.41, 5.74) is 0.306. The molecule has 0 aliphatic carbocycles. The van der Waals surface area contributed by atoms with Gasteiger partial charge < -0.3 is 15.1 Å². The Hall–Kier alpha value is -3.54. The largest absolute Gasteiger partial charge is 0.417 e. The number of nitrogens with one attached hydrogen (secondary N) is 1. The molecule has 2 aromatic rings. The number of hydrogen-bond donors (Lipinski definition) is 1. The van der Waals surface area contributed by atoms with Crippen LogP contribution in [-0.4, -0.2) is 49.4 Å². The van der Waals surface area contributed by atoms with Crippen molar-refractivity contribution in [3.63, 3.8) is 0 Å². The molecule has 0 saturated carbocycles. The van der Waals surface area contributed by atoms with Crippen molar-refractivity contribution in [3.05, 3.63) is 64.7 Å². The van der Waals surface area contributed by atoms with Crippen molar-refractivity contribution in [2.24, 2.45) is 5.41 Å². The molecule has 2 fully saturated rings. The fraction of sp³-hybridized carbons (Fsp3) is 0.444. The molecule has 2 aliphatic heterocycles. The average molecular weight is 499 g/mol. The van der Waals surface area contributed by atoms with E-state index in [0.717, 1.165) is 24.1 Å². The van der Waals surface area contributed by atoms with Crippen LogP contribution in [0.4, 0.5) is 18.9 Å². The molecular weight excluding hydrogens is 469 g/mol. The zero-order valence-electron chi connectivity index (χ0n) is 20.4. The van der Waals surface area contributed by atoms with E-state index < -0.39 is 23.3 Å². The number of carbonyl (C=O) groups excluding carboxylic acids is 2. The zero-order valence-corrected chi connectivity index (χ0v) is 20.4. The summed E-state index contributed by atoms with van der Waals surface area (Å²) in [7, 11) is 1.51. The first-order valence-corrected chi connectivity index (χ1v) is 12.1. The standard InChI is InChI=1S/C27H29F3N4O2/c1-3-18-4-6-19(7-5-18)25(36)33-12-10-26(11-13-33)15-23(24(35)32-2)34(17-26)21-9-8-20(16-31)22(14-21)27(28,29)30/h4-9,14,23H,3,10-13,15,17H2,1-2H3,(H,32,35). The van der Waals surface area contributed by atoms with Gasteiger partial charge in [0, 0.05) is 37.9 Å². The third kappa shape index (κ3) is 4.90. The minimum Gasteiger partial charge on any atom is -0.359 e. The summed E-state index contributed by atoms with van der Waals surface area (Å²) >= 11 is 0. The molecule has 2 aromatic carbocycles. The van der Waals surface area contributed by atoms with Gasteiger partial charge in [-0.25, -0.2) is 0 Å². The van der Waals surface area contributed by atoms with Crippen molar-refractivity contribution in [2.75, 3.05) is 31.6 Å². The highest BCUT2D eigenvalue weighted by molar-refractivity contribution is 5.94. The van der Waals surface area contributed by atoms with E-state index in [1.807, 2.05) is 29.2 Å². The number of anilines is 1. The molecule has 0 bridgehead atoms. The SMILES string of the molecule is CCc1ccc(C(=O)N2CCC3(CC2)CC(C(=O)NC)N(c2ccc(C#N)c(C(F)(F)F)c2)C3)cc1. The van der Waals surface area contributed by atoms with Crippen molar-refractivity contribution >= 4 is 17.5 Å². The molecule has 1 N–H and O–H groups in total. The molecule has 36 heavy (non-hydrogen) atoms. The fourth-order valence-corrected chi connectivity index (χ4v) is 5.38. The van der Waals surface area contributed by atoms with Gasteiger partial charge in [-0.05, 0) is 67.0 Å². The number of rotatable bonds is 4. The van der Waals surface area contributed by atoms with Crippen LogP contribution in [0, 0.1) is 16.7 Å². The molecule has 2 heterocycles. The number of amides is 2.